The summed E-state index contributed by atoms with van der Waals surface area (Å²) in [7, 11) is 1.88. The fourth-order valence-corrected chi connectivity index (χ4v) is 4.94. The molecule has 1 aromatic carbocycles. The standard InChI is InChI=1S/C26H25F3N10/c1-26(30,23-20(28)8-19(27)9-21(23)29)18-11-31-25(32-12-18)38-5-3-37(4-6-38)24-22-7-16(14-39(22)35-15-33-24)17-10-34-36(2)13-17/h7-15H,3-6,30H2,1-2H3. The van der Waals surface area contributed by atoms with Crippen LogP contribution in [0.3, 0.4) is 0 Å². The summed E-state index contributed by atoms with van der Waals surface area (Å²) in [5.74, 6) is -1.83. The fraction of sp³-hybridized carbons (Fsp3) is 0.269. The van der Waals surface area contributed by atoms with Crippen molar-refractivity contribution in [3.63, 3.8) is 0 Å². The van der Waals surface area contributed by atoms with Gasteiger partial charge < -0.3 is 15.5 Å². The van der Waals surface area contributed by atoms with Crippen LogP contribution in [0.2, 0.25) is 0 Å². The number of aryl methyl sites for hydroxylation is 1. The molecule has 0 amide bonds. The third-order valence-electron chi connectivity index (χ3n) is 7.05. The van der Waals surface area contributed by atoms with Crippen molar-refractivity contribution in [2.75, 3.05) is 36.0 Å². The average molecular weight is 535 g/mol. The van der Waals surface area contributed by atoms with Crippen molar-refractivity contribution in [1.29, 1.82) is 0 Å². The molecule has 39 heavy (non-hydrogen) atoms. The molecule has 4 aromatic heterocycles. The summed E-state index contributed by atoms with van der Waals surface area (Å²) in [6.45, 7) is 4.05. The van der Waals surface area contributed by atoms with Gasteiger partial charge in [-0.15, -0.1) is 0 Å². The molecule has 0 radical (unpaired) electrons. The molecule has 5 heterocycles. The first-order valence-electron chi connectivity index (χ1n) is 12.3. The van der Waals surface area contributed by atoms with Crippen LogP contribution in [0.25, 0.3) is 16.6 Å². The van der Waals surface area contributed by atoms with Gasteiger partial charge in [0.2, 0.25) is 5.95 Å². The van der Waals surface area contributed by atoms with Crippen molar-refractivity contribution in [2.45, 2.75) is 12.5 Å². The van der Waals surface area contributed by atoms with E-state index < -0.39 is 28.6 Å². The maximum atomic E-state index is 14.4. The molecule has 1 unspecified atom stereocenters. The van der Waals surface area contributed by atoms with Crippen LogP contribution in [0.5, 0.6) is 0 Å². The lowest BCUT2D eigenvalue weighted by atomic mass is 9.86. The second-order valence-corrected chi connectivity index (χ2v) is 9.74. The molecule has 1 aliphatic heterocycles. The van der Waals surface area contributed by atoms with E-state index in [-0.39, 0.29) is 0 Å². The summed E-state index contributed by atoms with van der Waals surface area (Å²) < 4.78 is 45.7. The number of hydrogen-bond donors (Lipinski definition) is 1. The second-order valence-electron chi connectivity index (χ2n) is 9.74. The molecule has 13 heteroatoms. The Hall–Kier alpha value is -4.52. The molecule has 1 fully saturated rings. The van der Waals surface area contributed by atoms with Crippen LogP contribution < -0.4 is 15.5 Å². The van der Waals surface area contributed by atoms with Crippen LogP contribution in [0.1, 0.15) is 18.1 Å². The van der Waals surface area contributed by atoms with E-state index in [0.717, 1.165) is 22.5 Å². The zero-order chi connectivity index (χ0) is 27.3. The third-order valence-corrected chi connectivity index (χ3v) is 7.05. The lowest BCUT2D eigenvalue weighted by Gasteiger charge is -2.35. The number of hydrogen-bond acceptors (Lipinski definition) is 8. The summed E-state index contributed by atoms with van der Waals surface area (Å²) in [5, 5.41) is 8.61. The quantitative estimate of drug-likeness (QED) is 0.367. The van der Waals surface area contributed by atoms with Crippen molar-refractivity contribution in [3.05, 3.63) is 84.1 Å². The molecule has 10 nitrogen and oxygen atoms in total. The van der Waals surface area contributed by atoms with Crippen molar-refractivity contribution < 1.29 is 13.2 Å². The summed E-state index contributed by atoms with van der Waals surface area (Å²) in [4.78, 5) is 17.6. The molecule has 1 atom stereocenters. The maximum absolute atomic E-state index is 14.4. The van der Waals surface area contributed by atoms with Gasteiger partial charge in [0.15, 0.2) is 5.82 Å². The van der Waals surface area contributed by atoms with Gasteiger partial charge in [-0.3, -0.25) is 4.68 Å². The first kappa shape index (κ1) is 24.8. The largest absolute Gasteiger partial charge is 0.351 e. The number of anilines is 2. The molecule has 200 valence electrons. The minimum absolute atomic E-state index is 0.301. The number of piperazine rings is 1. The van der Waals surface area contributed by atoms with Gasteiger partial charge in [-0.25, -0.2) is 32.6 Å². The molecule has 0 spiro atoms. The van der Waals surface area contributed by atoms with E-state index in [4.69, 9.17) is 5.73 Å². The molecule has 2 N–H and O–H groups in total. The molecule has 1 saturated heterocycles. The van der Waals surface area contributed by atoms with E-state index in [1.54, 1.807) is 11.0 Å². The maximum Gasteiger partial charge on any atom is 0.225 e. The van der Waals surface area contributed by atoms with Crippen molar-refractivity contribution in [2.24, 2.45) is 12.8 Å². The zero-order valence-electron chi connectivity index (χ0n) is 21.3. The average Bonchev–Trinajstić information content (AvgIpc) is 3.54. The van der Waals surface area contributed by atoms with Gasteiger partial charge in [0.1, 0.15) is 29.3 Å². The molecule has 6 rings (SSSR count). The van der Waals surface area contributed by atoms with Crippen LogP contribution in [0, 0.1) is 17.5 Å². The van der Waals surface area contributed by atoms with Gasteiger partial charge in [-0.1, -0.05) is 0 Å². The van der Waals surface area contributed by atoms with Gasteiger partial charge >= 0.3 is 0 Å². The van der Waals surface area contributed by atoms with Gasteiger partial charge in [0.05, 0.1) is 11.7 Å². The van der Waals surface area contributed by atoms with E-state index in [9.17, 15) is 13.2 Å². The first-order valence-corrected chi connectivity index (χ1v) is 12.3. The summed E-state index contributed by atoms with van der Waals surface area (Å²) in [5.41, 5.74) is 7.45. The van der Waals surface area contributed by atoms with Crippen LogP contribution in [-0.2, 0) is 12.6 Å². The minimum atomic E-state index is -1.59. The Labute approximate surface area is 221 Å². The van der Waals surface area contributed by atoms with Crippen LogP contribution in [0.4, 0.5) is 24.9 Å². The summed E-state index contributed by atoms with van der Waals surface area (Å²) >= 11 is 0. The molecular weight excluding hydrogens is 509 g/mol. The number of nitrogens with zero attached hydrogens (tertiary/aromatic N) is 9. The molecule has 5 aromatic rings. The number of halogens is 3. The summed E-state index contributed by atoms with van der Waals surface area (Å²) in [6.07, 6.45) is 10.2. The Balaban J connectivity index is 1.18. The van der Waals surface area contributed by atoms with Crippen LogP contribution in [-0.4, -0.2) is 60.5 Å². The van der Waals surface area contributed by atoms with E-state index >= 15 is 0 Å². The van der Waals surface area contributed by atoms with Crippen molar-refractivity contribution >= 4 is 17.3 Å². The monoisotopic (exact) mass is 534 g/mol. The fourth-order valence-electron chi connectivity index (χ4n) is 4.94. The third kappa shape index (κ3) is 4.44. The Kier molecular flexibility index (Phi) is 5.94. The van der Waals surface area contributed by atoms with Gasteiger partial charge in [0.25, 0.3) is 0 Å². The Morgan fingerprint density at radius 3 is 2.13 bits per heavy atom. The summed E-state index contributed by atoms with van der Waals surface area (Å²) in [6, 6.07) is 3.27. The molecule has 0 aliphatic carbocycles. The van der Waals surface area contributed by atoms with E-state index in [1.807, 2.05) is 35.1 Å². The SMILES string of the molecule is Cn1cc(-c2cc3c(N4CCN(c5ncc(C(C)(N)c6c(F)cc(F)cc6F)cn5)CC4)ncnn3c2)cn1. The topological polar surface area (TPSA) is 106 Å². The van der Waals surface area contributed by atoms with Gasteiger partial charge in [0, 0.05) is 92.4 Å². The number of fused-ring (bicyclic) bond motifs is 1. The Bertz CT molecular complexity index is 1630. The van der Waals surface area contributed by atoms with Crippen molar-refractivity contribution in [1.82, 2.24) is 34.3 Å². The van der Waals surface area contributed by atoms with Gasteiger partial charge in [-0.2, -0.15) is 10.2 Å². The number of aromatic nitrogens is 7. The first-order chi connectivity index (χ1) is 18.7. The number of benzene rings is 1. The molecular formula is C26H25F3N10. The number of nitrogens with two attached hydrogens (primary N) is 1. The smallest absolute Gasteiger partial charge is 0.225 e. The lowest BCUT2D eigenvalue weighted by Crippen LogP contribution is -2.47. The van der Waals surface area contributed by atoms with E-state index in [0.29, 0.717) is 49.8 Å². The predicted octanol–water partition coefficient (Wildman–Crippen LogP) is 2.89. The highest BCUT2D eigenvalue weighted by Crippen LogP contribution is 2.32. The van der Waals surface area contributed by atoms with Crippen molar-refractivity contribution in [3.8, 4) is 11.1 Å². The minimum Gasteiger partial charge on any atom is -0.351 e. The highest BCUT2D eigenvalue weighted by molar-refractivity contribution is 5.77. The molecule has 0 saturated carbocycles. The lowest BCUT2D eigenvalue weighted by molar-refractivity contribution is 0.466. The zero-order valence-corrected chi connectivity index (χ0v) is 21.3. The van der Waals surface area contributed by atoms with Gasteiger partial charge in [-0.05, 0) is 13.0 Å². The van der Waals surface area contributed by atoms with Crippen LogP contribution >= 0.6 is 0 Å². The van der Waals surface area contributed by atoms with E-state index in [1.165, 1.54) is 19.3 Å². The second kappa shape index (κ2) is 9.34. The molecule has 1 aliphatic rings. The highest BCUT2D eigenvalue weighted by atomic mass is 19.1. The highest BCUT2D eigenvalue weighted by Gasteiger charge is 2.32. The predicted molar refractivity (Wildman–Crippen MR) is 139 cm³/mol. The normalized spacial score (nSPS) is 15.6. The number of rotatable bonds is 5. The Morgan fingerprint density at radius 2 is 1.49 bits per heavy atom. The van der Waals surface area contributed by atoms with E-state index in [2.05, 4.69) is 36.1 Å². The Morgan fingerprint density at radius 1 is 0.821 bits per heavy atom. The van der Waals surface area contributed by atoms with Crippen LogP contribution in [0.15, 0.2) is 55.5 Å². The molecule has 0 bridgehead atoms.